The number of Topliss-reactive ketones (excluding diaryl/α,β-unsaturated/α-hetero) is 1. The van der Waals surface area contributed by atoms with Gasteiger partial charge in [0.25, 0.3) is 5.78 Å². The van der Waals surface area contributed by atoms with Gasteiger partial charge in [-0.25, -0.2) is 0 Å². The number of halogens is 6. The Bertz CT molecular complexity index is 2050. The van der Waals surface area contributed by atoms with Crippen molar-refractivity contribution >= 4 is 31.7 Å². The Morgan fingerprint density at radius 1 is 0.640 bits per heavy atom. The lowest BCUT2D eigenvalue weighted by atomic mass is 10.1. The van der Waals surface area contributed by atoms with Gasteiger partial charge in [0.1, 0.15) is 27.0 Å². The summed E-state index contributed by atoms with van der Waals surface area (Å²) < 4.78 is 150. The van der Waals surface area contributed by atoms with Gasteiger partial charge in [0.2, 0.25) is 0 Å². The predicted molar refractivity (Wildman–Crippen MR) is 165 cm³/mol. The highest BCUT2D eigenvalue weighted by atomic mass is 32.2. The first-order valence-electron chi connectivity index (χ1n) is 14.1. The van der Waals surface area contributed by atoms with E-state index in [4.69, 9.17) is 13.7 Å². The van der Waals surface area contributed by atoms with E-state index < -0.39 is 60.1 Å². The van der Waals surface area contributed by atoms with Crippen molar-refractivity contribution in [2.24, 2.45) is 5.16 Å². The SMILES string of the molecule is Cc1ccccc1S(=O)(=O)Oc1ccc(S(=O)(=O)ON=C(c2ccc(OCCCOc3ccc(C(=O)C(F)(F)F)cc3)cc2)C(F)(F)F)cc1. The van der Waals surface area contributed by atoms with Gasteiger partial charge in [-0.15, -0.1) is 0 Å². The molecule has 4 aromatic carbocycles. The van der Waals surface area contributed by atoms with E-state index in [0.29, 0.717) is 5.56 Å². The molecule has 18 heteroatoms. The number of alkyl halides is 6. The van der Waals surface area contributed by atoms with Crippen molar-refractivity contribution in [3.63, 3.8) is 0 Å². The van der Waals surface area contributed by atoms with E-state index >= 15 is 0 Å². The largest absolute Gasteiger partial charge is 0.493 e. The zero-order valence-electron chi connectivity index (χ0n) is 25.6. The molecule has 0 N–H and O–H groups in total. The minimum atomic E-state index is -5.14. The van der Waals surface area contributed by atoms with E-state index in [1.165, 1.54) is 36.4 Å². The lowest BCUT2D eigenvalue weighted by Gasteiger charge is -2.12. The number of hydrogen-bond donors (Lipinski definition) is 0. The third-order valence-corrected chi connectivity index (χ3v) is 9.03. The predicted octanol–water partition coefficient (Wildman–Crippen LogP) is 7.03. The van der Waals surface area contributed by atoms with Gasteiger partial charge in [-0.05, 0) is 91.3 Å². The van der Waals surface area contributed by atoms with Gasteiger partial charge < -0.3 is 13.7 Å². The summed E-state index contributed by atoms with van der Waals surface area (Å²) in [6.07, 6.45) is -9.88. The fourth-order valence-corrected chi connectivity index (χ4v) is 5.97. The molecule has 0 amide bonds. The van der Waals surface area contributed by atoms with Crippen LogP contribution in [0.3, 0.4) is 0 Å². The van der Waals surface area contributed by atoms with Crippen LogP contribution in [0, 0.1) is 6.92 Å². The number of ether oxygens (including phenoxy) is 2. The molecule has 0 saturated heterocycles. The molecule has 0 aliphatic carbocycles. The third kappa shape index (κ3) is 9.97. The number of rotatable bonds is 14. The molecule has 0 bridgehead atoms. The summed E-state index contributed by atoms with van der Waals surface area (Å²) >= 11 is 0. The van der Waals surface area contributed by atoms with Gasteiger partial charge in [-0.3, -0.25) is 9.08 Å². The quantitative estimate of drug-likeness (QED) is 0.0333. The van der Waals surface area contributed by atoms with E-state index in [9.17, 15) is 48.0 Å². The topological polar surface area (TPSA) is 135 Å². The Morgan fingerprint density at radius 2 is 1.14 bits per heavy atom. The molecule has 0 aromatic heterocycles. The van der Waals surface area contributed by atoms with Crippen molar-refractivity contribution in [3.05, 3.63) is 114 Å². The van der Waals surface area contributed by atoms with E-state index in [2.05, 4.69) is 9.44 Å². The van der Waals surface area contributed by atoms with Crippen molar-refractivity contribution in [1.82, 2.24) is 0 Å². The molecule has 0 unspecified atom stereocenters. The molecule has 0 heterocycles. The summed E-state index contributed by atoms with van der Waals surface area (Å²) in [5, 5.41) is 2.86. The first-order valence-corrected chi connectivity index (χ1v) is 17.0. The number of carbonyl (C=O) groups excluding carboxylic acids is 1. The van der Waals surface area contributed by atoms with Gasteiger partial charge in [0.15, 0.2) is 5.71 Å². The zero-order chi connectivity index (χ0) is 36.7. The normalized spacial score (nSPS) is 12.7. The van der Waals surface area contributed by atoms with Crippen LogP contribution in [0.2, 0.25) is 0 Å². The first kappa shape index (κ1) is 37.7. The highest BCUT2D eigenvalue weighted by molar-refractivity contribution is 7.87. The van der Waals surface area contributed by atoms with E-state index in [1.807, 2.05) is 0 Å². The van der Waals surface area contributed by atoms with Gasteiger partial charge in [-0.2, -0.15) is 43.2 Å². The minimum absolute atomic E-state index is 0.0349. The molecule has 0 spiro atoms. The van der Waals surface area contributed by atoms with Crippen molar-refractivity contribution in [2.45, 2.75) is 35.5 Å². The van der Waals surface area contributed by atoms with E-state index in [-0.39, 0.29) is 41.8 Å². The number of oxime groups is 1. The third-order valence-electron chi connectivity index (χ3n) is 6.50. The summed E-state index contributed by atoms with van der Waals surface area (Å²) in [4.78, 5) is 10.5. The zero-order valence-corrected chi connectivity index (χ0v) is 27.2. The number of aryl methyl sites for hydroxylation is 1. The van der Waals surface area contributed by atoms with Crippen molar-refractivity contribution in [1.29, 1.82) is 0 Å². The Morgan fingerprint density at radius 3 is 1.64 bits per heavy atom. The Hall–Kier alpha value is -5.10. The lowest BCUT2D eigenvalue weighted by molar-refractivity contribution is -0.0885. The van der Waals surface area contributed by atoms with Crippen LogP contribution in [0.5, 0.6) is 17.2 Å². The van der Waals surface area contributed by atoms with Crippen LogP contribution >= 0.6 is 0 Å². The summed E-state index contributed by atoms with van der Waals surface area (Å²) in [5.41, 5.74) is -2.37. The second kappa shape index (κ2) is 15.2. The second-order valence-corrected chi connectivity index (χ2v) is 13.2. The summed E-state index contributed by atoms with van der Waals surface area (Å²) in [7, 11) is -9.16. The smallest absolute Gasteiger partial charge is 0.454 e. The molecule has 0 radical (unpaired) electrons. The number of hydrogen-bond acceptors (Lipinski definition) is 10. The van der Waals surface area contributed by atoms with Crippen molar-refractivity contribution < 1.29 is 65.9 Å². The number of carbonyl (C=O) groups is 1. The van der Waals surface area contributed by atoms with Crippen molar-refractivity contribution in [3.8, 4) is 17.2 Å². The fraction of sp³-hybridized carbons (Fsp3) is 0.188. The summed E-state index contributed by atoms with van der Waals surface area (Å²) in [5.74, 6) is -1.91. The molecule has 0 aliphatic rings. The Balaban J connectivity index is 1.33. The van der Waals surface area contributed by atoms with Gasteiger partial charge in [0.05, 0.1) is 13.2 Å². The van der Waals surface area contributed by atoms with Crippen LogP contribution in [0.25, 0.3) is 0 Å². The fourth-order valence-electron chi connectivity index (χ4n) is 4.08. The number of benzene rings is 4. The maximum absolute atomic E-state index is 13.8. The van der Waals surface area contributed by atoms with Gasteiger partial charge in [-0.1, -0.05) is 23.4 Å². The molecular formula is C32H25F6NO9S2. The monoisotopic (exact) mass is 745 g/mol. The van der Waals surface area contributed by atoms with Gasteiger partial charge >= 0.3 is 32.6 Å². The first-order chi connectivity index (χ1) is 23.4. The van der Waals surface area contributed by atoms with Crippen LogP contribution in [-0.4, -0.2) is 53.9 Å². The van der Waals surface area contributed by atoms with Crippen LogP contribution in [-0.2, 0) is 24.5 Å². The van der Waals surface area contributed by atoms with Crippen LogP contribution in [0.4, 0.5) is 26.3 Å². The molecule has 0 aliphatic heterocycles. The number of nitrogens with zero attached hydrogens (tertiary/aromatic N) is 1. The van der Waals surface area contributed by atoms with Crippen LogP contribution < -0.4 is 13.7 Å². The molecule has 4 aromatic rings. The summed E-state index contributed by atoms with van der Waals surface area (Å²) in [6.45, 7) is 1.64. The highest BCUT2D eigenvalue weighted by Crippen LogP contribution is 2.27. The van der Waals surface area contributed by atoms with Crippen LogP contribution in [0.1, 0.15) is 27.9 Å². The molecule has 10 nitrogen and oxygen atoms in total. The molecule has 0 atom stereocenters. The average Bonchev–Trinajstić information content (AvgIpc) is 3.04. The maximum Gasteiger partial charge on any atom is 0.454 e. The molecule has 266 valence electrons. The van der Waals surface area contributed by atoms with Crippen LogP contribution in [0.15, 0.2) is 112 Å². The second-order valence-electron chi connectivity index (χ2n) is 10.2. The minimum Gasteiger partial charge on any atom is -0.493 e. The molecule has 0 fully saturated rings. The Labute approximate surface area is 282 Å². The van der Waals surface area contributed by atoms with Crippen molar-refractivity contribution in [2.75, 3.05) is 13.2 Å². The summed E-state index contributed by atoms with van der Waals surface area (Å²) in [6, 6.07) is 18.3. The lowest BCUT2D eigenvalue weighted by Crippen LogP contribution is -2.25. The molecule has 50 heavy (non-hydrogen) atoms. The highest BCUT2D eigenvalue weighted by Gasteiger charge is 2.39. The number of ketones is 1. The molecule has 4 rings (SSSR count). The maximum atomic E-state index is 13.8. The average molecular weight is 746 g/mol. The Kier molecular flexibility index (Phi) is 11.5. The standard InChI is InChI=1S/C32H25F6NO9S2/c1-21-5-2-3-6-28(21)50(43,44)47-26-15-17-27(18-16-26)49(41,42)48-39-29(31(33,34)35)22-7-11-24(12-8-22)45-19-4-20-46-25-13-9-23(10-14-25)30(40)32(36,37)38/h2-3,5-18H,4,19-20H2,1H3. The van der Waals surface area contributed by atoms with E-state index in [0.717, 1.165) is 48.5 Å². The molecular weight excluding hydrogens is 720 g/mol. The van der Waals surface area contributed by atoms with E-state index in [1.54, 1.807) is 19.1 Å². The van der Waals surface area contributed by atoms with Gasteiger partial charge in [0, 0.05) is 17.5 Å². The molecule has 0 saturated carbocycles.